The normalized spacial score (nSPS) is 11.4. The van der Waals surface area contributed by atoms with Gasteiger partial charge in [0.25, 0.3) is 6.47 Å². The van der Waals surface area contributed by atoms with Crippen LogP contribution >= 0.6 is 92.0 Å². The van der Waals surface area contributed by atoms with Crippen molar-refractivity contribution in [3.05, 3.63) is 356 Å². The second kappa shape index (κ2) is 41.0. The summed E-state index contributed by atoms with van der Waals surface area (Å²) >= 11 is 20.3. The van der Waals surface area contributed by atoms with Crippen molar-refractivity contribution in [2.45, 2.75) is 58.9 Å². The van der Waals surface area contributed by atoms with E-state index in [9.17, 15) is 0 Å². The number of hydrogen-bond acceptors (Lipinski definition) is 3. The molecule has 25 rings (SSSR count). The van der Waals surface area contributed by atoms with Crippen molar-refractivity contribution in [3.63, 3.8) is 0 Å². The predicted molar refractivity (Wildman–Crippen MR) is 604 cm³/mol. The van der Waals surface area contributed by atoms with Crippen molar-refractivity contribution in [1.29, 1.82) is 0 Å². The van der Waals surface area contributed by atoms with Gasteiger partial charge in [-0.15, -0.1) is 35.9 Å². The van der Waals surface area contributed by atoms with E-state index in [-0.39, 0.29) is 111 Å². The predicted octanol–water partition coefficient (Wildman–Crippen LogP) is 29.9. The second-order valence-electron chi connectivity index (χ2n) is 36.1. The Bertz CT molecular complexity index is 8360. The number of terminal acetylenes is 3. The van der Waals surface area contributed by atoms with Gasteiger partial charge in [0.2, 0.25) is 0 Å². The molecule has 0 heterocycles. The molecule has 14 heteroatoms. The fraction of sp³-hybridized carbons (Fsp3) is 0.0750. The van der Waals surface area contributed by atoms with Crippen LogP contribution in [0.5, 0.6) is 0 Å². The summed E-state index contributed by atoms with van der Waals surface area (Å²) in [5.74, 6) is 12.7. The zero-order chi connectivity index (χ0) is 92.3. The molecule has 0 atom stereocenters. The number of hydrogen-bond donors (Lipinski definition) is 0. The van der Waals surface area contributed by atoms with Gasteiger partial charge in [0.1, 0.15) is 24.2 Å². The fourth-order valence-electron chi connectivity index (χ4n) is 19.3. The van der Waals surface area contributed by atoms with Crippen LogP contribution < -0.4 is 108 Å². The van der Waals surface area contributed by atoms with Crippen LogP contribution in [-0.4, -0.2) is 30.7 Å². The SMILES string of the molecule is BrBr.Brc1ccc2c3ccc(Br)c4cccc(c5cccc1c52)c43.Brc1ccc2c3cccc4c(Br)ccc(c5cccc1c52)c43.C#C[Si](C)(C)C.C#Cc1ccc2c3ccc(C#C)c4cccc(c5cccc1c52)c43.C[Si](C)(C)C#Cc1ccc2c3ccc(C#C[Si](C)(C)C)c4cccc(c5cccc1c52)c43.O=CO[O-].[H-].[K+].[K+].c1cc2cccc3c4cccc5cccc(c(c1)c23)c54. The second-order valence-corrected chi connectivity index (χ2v) is 53.8. The molecule has 0 N–H and O–H groups in total. The largest absolute Gasteiger partial charge is 1.00 e. The molecule has 25 aromatic rings. The first-order chi connectivity index (χ1) is 63.9. The Hall–Kier alpha value is -8.97. The summed E-state index contributed by atoms with van der Waals surface area (Å²) < 4.78 is 4.61. The first-order valence-corrected chi connectivity index (χ1v) is 60.8. The van der Waals surface area contributed by atoms with Crippen LogP contribution in [-0.2, 0) is 9.68 Å². The van der Waals surface area contributed by atoms with Crippen LogP contribution in [0.25, 0.3) is 215 Å². The summed E-state index contributed by atoms with van der Waals surface area (Å²) in [4.78, 5) is 11.2. The van der Waals surface area contributed by atoms with Gasteiger partial charge < -0.3 is 11.6 Å². The third kappa shape index (κ3) is 18.5. The summed E-state index contributed by atoms with van der Waals surface area (Å²) in [6, 6.07) is 114. The molecule has 25 aromatic carbocycles. The van der Waals surface area contributed by atoms with E-state index < -0.39 is 24.2 Å². The summed E-state index contributed by atoms with van der Waals surface area (Å²) in [6.07, 6.45) is 16.5. The average Bonchev–Trinajstić information content (AvgIpc) is 0.733. The van der Waals surface area contributed by atoms with E-state index in [0.29, 0.717) is 0 Å². The maximum atomic E-state index is 8.64. The quantitative estimate of drug-likeness (QED) is 0.0313. The molecule has 0 aromatic heterocycles. The smallest absolute Gasteiger partial charge is 1.00 e. The zero-order valence-electron chi connectivity index (χ0n) is 76.8. The van der Waals surface area contributed by atoms with Crippen molar-refractivity contribution in [1.82, 2.24) is 0 Å². The number of carbonyl (C=O) groups excluding carboxylic acids is 1. The minimum absolute atomic E-state index is 0. The molecule has 0 amide bonds. The van der Waals surface area contributed by atoms with E-state index in [4.69, 9.17) is 29.3 Å². The van der Waals surface area contributed by atoms with Crippen LogP contribution in [0.15, 0.2) is 333 Å². The molecule has 0 unspecified atom stereocenters. The van der Waals surface area contributed by atoms with Crippen LogP contribution in [0.2, 0.25) is 58.9 Å². The average molecular weight is 2220 g/mol. The van der Waals surface area contributed by atoms with Gasteiger partial charge in [-0.05, 0) is 264 Å². The van der Waals surface area contributed by atoms with Gasteiger partial charge in [0, 0.05) is 68.4 Å². The number of fused-ring (bicyclic) bond motifs is 10. The number of benzene rings is 25. The van der Waals surface area contributed by atoms with Crippen molar-refractivity contribution in [2.75, 3.05) is 0 Å². The molecule has 0 aliphatic rings. The Morgan fingerprint density at radius 2 is 0.403 bits per heavy atom. The minimum atomic E-state index is -1.44. The Morgan fingerprint density at radius 1 is 0.246 bits per heavy atom. The molecular formula is C120H84Br6K2O3Si3. The fourth-order valence-corrected chi connectivity index (χ4v) is 22.1. The molecule has 0 radical (unpaired) electrons. The third-order valence-electron chi connectivity index (χ3n) is 24.8. The van der Waals surface area contributed by atoms with Gasteiger partial charge in [-0.1, -0.05) is 413 Å². The minimum Gasteiger partial charge on any atom is -1.00 e. The van der Waals surface area contributed by atoms with Crippen LogP contribution in [0.1, 0.15) is 23.7 Å². The van der Waals surface area contributed by atoms with Gasteiger partial charge in [0.15, 0.2) is 0 Å². The van der Waals surface area contributed by atoms with Gasteiger partial charge in [-0.25, -0.2) is 0 Å². The standard InChI is InChI=1S/C30H28Si2.C24H12.2C20H10Br2.C20H12.C5H10Si.CH2O3.Br2.2K.H/c1-31(2,3)19-17-21-13-15-27-28-16-14-22(18-20-32(4,5)6)24-10-8-12-26(30(24)28)25-11-7-9-23(21)29(25)27;1-3-15-11-13-21-22-14-12-16(4-2)18-8-6-10-20(24(18)22)19-9-5-7-17(15)23(19)21;21-17-9-8-14-12-4-2-6-16-18(22)10-7-13(20(12)16)11-3-1-5-15(17)19(11)14;21-17-9-7-13-14-8-10-18(22)16-6-2-4-12(20(14)16)11-3-1-5-15(17)19(11)13;1-5-13-6-2-11-17-18-12-4-8-14-7-3-10-16(20(14)18)15(9-1)19(13)17;1-5-6(2,3)4;2-1-4-3;1-2;;;/h7-16H,1-6H3;1-2,5-14H;2*1-10H;1-12H;1H,2-4H3;1,3H;;;;/q;;;;;;;;2*+1;-1/p-1. The first-order valence-electron chi connectivity index (χ1n) is 43.4. The topological polar surface area (TPSA) is 49.4 Å². The molecule has 0 saturated heterocycles. The molecule has 0 fully saturated rings. The maximum Gasteiger partial charge on any atom is 1.00 e. The Kier molecular flexibility index (Phi) is 30.0. The van der Waals surface area contributed by atoms with Gasteiger partial charge in [-0.2, -0.15) is 0 Å². The van der Waals surface area contributed by atoms with E-state index in [2.05, 4.69) is 499 Å². The van der Waals surface area contributed by atoms with Gasteiger partial charge >= 0.3 is 103 Å². The monoisotopic (exact) mass is 2210 g/mol. The summed E-state index contributed by atoms with van der Waals surface area (Å²) in [5.41, 5.74) is 14.0. The summed E-state index contributed by atoms with van der Waals surface area (Å²) in [7, 11) is -3.99. The van der Waals surface area contributed by atoms with Gasteiger partial charge in [-0.3, -0.25) is 4.79 Å². The molecule has 0 aliphatic heterocycles. The number of rotatable bonds is 1. The van der Waals surface area contributed by atoms with Crippen molar-refractivity contribution < 1.29 is 119 Å². The molecule has 0 saturated carbocycles. The van der Waals surface area contributed by atoms with Gasteiger partial charge in [0.05, 0.1) is 0 Å². The Balaban J connectivity index is 0.000000125. The van der Waals surface area contributed by atoms with Crippen LogP contribution in [0.3, 0.4) is 0 Å². The summed E-state index contributed by atoms with van der Waals surface area (Å²) in [6.45, 7) is 20.0. The Morgan fingerprint density at radius 3 is 0.597 bits per heavy atom. The van der Waals surface area contributed by atoms with Crippen molar-refractivity contribution in [3.8, 4) is 59.6 Å². The molecular weight excluding hydrogens is 2130 g/mol. The maximum absolute atomic E-state index is 8.64. The van der Waals surface area contributed by atoms with Crippen molar-refractivity contribution >= 4 is 338 Å². The number of carbonyl (C=O) groups is 1. The molecule has 3 nitrogen and oxygen atoms in total. The zero-order valence-corrected chi connectivity index (χ0v) is 94.6. The molecule has 638 valence electrons. The molecule has 134 heavy (non-hydrogen) atoms. The van der Waals surface area contributed by atoms with Crippen LogP contribution in [0.4, 0.5) is 0 Å². The van der Waals surface area contributed by atoms with E-state index in [0.717, 1.165) is 50.9 Å². The van der Waals surface area contributed by atoms with E-state index in [1.807, 2.05) is 12.1 Å². The van der Waals surface area contributed by atoms with Crippen LogP contribution in [0, 0.1) is 59.6 Å². The summed E-state index contributed by atoms with van der Waals surface area (Å²) in [5, 5.41) is 60.5. The molecule has 0 aliphatic carbocycles. The third-order valence-corrected chi connectivity index (χ3v) is 30.1. The number of halogens is 6. The molecule has 0 spiro atoms. The van der Waals surface area contributed by atoms with E-state index in [1.54, 1.807) is 0 Å². The first kappa shape index (κ1) is 98.1. The molecule has 0 bridgehead atoms. The van der Waals surface area contributed by atoms with E-state index >= 15 is 0 Å². The Labute approximate surface area is 918 Å². The van der Waals surface area contributed by atoms with Crippen molar-refractivity contribution in [2.24, 2.45) is 0 Å². The van der Waals surface area contributed by atoms with E-state index in [1.165, 1.54) is 205 Å².